The number of esters is 1. The summed E-state index contributed by atoms with van der Waals surface area (Å²) in [6.45, 7) is 4.50. The molecule has 0 fully saturated rings. The third-order valence-corrected chi connectivity index (χ3v) is 6.57. The SMILES string of the molecule is CC(=O)Oc1ccc(/C=N\NC(=O)CN(c2cc(C)ccc2C)S(=O)(=O)c2ccccc2)cc1. The van der Waals surface area contributed by atoms with Gasteiger partial charge in [-0.1, -0.05) is 30.3 Å². The molecule has 176 valence electrons. The summed E-state index contributed by atoms with van der Waals surface area (Å²) < 4.78 is 32.9. The van der Waals surface area contributed by atoms with Crippen LogP contribution in [0.15, 0.2) is 82.8 Å². The molecular formula is C25H25N3O5S. The maximum atomic E-state index is 13.4. The van der Waals surface area contributed by atoms with Gasteiger partial charge in [0.15, 0.2) is 0 Å². The number of rotatable bonds is 8. The molecule has 0 aliphatic heterocycles. The number of anilines is 1. The van der Waals surface area contributed by atoms with Crippen LogP contribution in [0.5, 0.6) is 5.75 Å². The topological polar surface area (TPSA) is 105 Å². The van der Waals surface area contributed by atoms with Gasteiger partial charge in [0.1, 0.15) is 12.3 Å². The molecule has 0 saturated heterocycles. The van der Waals surface area contributed by atoms with Crippen molar-refractivity contribution in [3.8, 4) is 5.75 Å². The van der Waals surface area contributed by atoms with E-state index in [1.54, 1.807) is 55.5 Å². The highest BCUT2D eigenvalue weighted by Crippen LogP contribution is 2.27. The number of carbonyl (C=O) groups is 2. The molecule has 0 aliphatic carbocycles. The van der Waals surface area contributed by atoms with Gasteiger partial charge in [0.25, 0.3) is 15.9 Å². The van der Waals surface area contributed by atoms with Crippen LogP contribution in [0, 0.1) is 13.8 Å². The zero-order valence-corrected chi connectivity index (χ0v) is 19.9. The van der Waals surface area contributed by atoms with Crippen LogP contribution < -0.4 is 14.5 Å². The molecule has 0 saturated carbocycles. The molecule has 0 unspecified atom stereocenters. The van der Waals surface area contributed by atoms with Gasteiger partial charge in [-0.15, -0.1) is 0 Å². The van der Waals surface area contributed by atoms with Crippen LogP contribution in [0.3, 0.4) is 0 Å². The van der Waals surface area contributed by atoms with E-state index >= 15 is 0 Å². The van der Waals surface area contributed by atoms with Gasteiger partial charge in [-0.2, -0.15) is 5.10 Å². The number of carbonyl (C=O) groups excluding carboxylic acids is 2. The van der Waals surface area contributed by atoms with Gasteiger partial charge in [0.05, 0.1) is 16.8 Å². The van der Waals surface area contributed by atoms with Crippen molar-refractivity contribution < 1.29 is 22.7 Å². The minimum absolute atomic E-state index is 0.0834. The summed E-state index contributed by atoms with van der Waals surface area (Å²) in [5, 5.41) is 3.92. The fourth-order valence-corrected chi connectivity index (χ4v) is 4.64. The van der Waals surface area contributed by atoms with Crippen molar-refractivity contribution in [2.75, 3.05) is 10.8 Å². The Balaban J connectivity index is 1.80. The fourth-order valence-electron chi connectivity index (χ4n) is 3.14. The summed E-state index contributed by atoms with van der Waals surface area (Å²) in [6, 6.07) is 19.9. The Labute approximate surface area is 198 Å². The fraction of sp³-hybridized carbons (Fsp3) is 0.160. The Kier molecular flexibility index (Phi) is 7.80. The van der Waals surface area contributed by atoms with Gasteiger partial charge in [0, 0.05) is 6.92 Å². The van der Waals surface area contributed by atoms with Gasteiger partial charge < -0.3 is 4.74 Å². The van der Waals surface area contributed by atoms with E-state index in [-0.39, 0.29) is 4.90 Å². The standard InChI is InChI=1S/C25H25N3O5S/c1-18-9-10-19(2)24(15-18)28(34(31,32)23-7-5-4-6-8-23)17-25(30)27-26-16-21-11-13-22(14-12-21)33-20(3)29/h4-16H,17H2,1-3H3,(H,27,30)/b26-16-. The van der Waals surface area contributed by atoms with E-state index in [1.165, 1.54) is 25.3 Å². The molecule has 34 heavy (non-hydrogen) atoms. The van der Waals surface area contributed by atoms with Gasteiger partial charge in [-0.25, -0.2) is 13.8 Å². The number of ether oxygens (including phenoxy) is 1. The maximum absolute atomic E-state index is 13.4. The lowest BCUT2D eigenvalue weighted by Crippen LogP contribution is -2.40. The highest BCUT2D eigenvalue weighted by molar-refractivity contribution is 7.92. The Morgan fingerprint density at radius 2 is 1.68 bits per heavy atom. The summed E-state index contributed by atoms with van der Waals surface area (Å²) in [7, 11) is -4.00. The maximum Gasteiger partial charge on any atom is 0.308 e. The van der Waals surface area contributed by atoms with Crippen molar-refractivity contribution in [3.05, 3.63) is 89.5 Å². The third kappa shape index (κ3) is 6.29. The minimum atomic E-state index is -4.00. The number of aryl methyl sites for hydroxylation is 2. The van der Waals surface area contributed by atoms with Gasteiger partial charge in [0.2, 0.25) is 0 Å². The molecule has 0 radical (unpaired) electrons. The van der Waals surface area contributed by atoms with Crippen LogP contribution >= 0.6 is 0 Å². The first-order valence-corrected chi connectivity index (χ1v) is 11.9. The first-order valence-electron chi connectivity index (χ1n) is 10.4. The monoisotopic (exact) mass is 479 g/mol. The number of amides is 1. The molecule has 0 spiro atoms. The molecule has 8 nitrogen and oxygen atoms in total. The number of sulfonamides is 1. The van der Waals surface area contributed by atoms with E-state index in [0.717, 1.165) is 9.87 Å². The first kappa shape index (κ1) is 24.7. The van der Waals surface area contributed by atoms with E-state index in [9.17, 15) is 18.0 Å². The summed E-state index contributed by atoms with van der Waals surface area (Å²) >= 11 is 0. The van der Waals surface area contributed by atoms with Crippen LogP contribution in [0.4, 0.5) is 5.69 Å². The van der Waals surface area contributed by atoms with Crippen LogP contribution in [-0.2, 0) is 19.6 Å². The quantitative estimate of drug-likeness (QED) is 0.230. The highest BCUT2D eigenvalue weighted by Gasteiger charge is 2.28. The third-order valence-electron chi connectivity index (χ3n) is 4.80. The van der Waals surface area contributed by atoms with Crippen molar-refractivity contribution in [1.29, 1.82) is 0 Å². The molecule has 3 rings (SSSR count). The molecule has 0 aliphatic rings. The Morgan fingerprint density at radius 1 is 1.00 bits per heavy atom. The summed E-state index contributed by atoms with van der Waals surface area (Å²) in [4.78, 5) is 23.8. The number of nitrogens with zero attached hydrogens (tertiary/aromatic N) is 2. The number of benzene rings is 3. The summed E-state index contributed by atoms with van der Waals surface area (Å²) in [6.07, 6.45) is 1.41. The van der Waals surface area contributed by atoms with Gasteiger partial charge in [-0.3, -0.25) is 13.9 Å². The Hall–Kier alpha value is -3.98. The summed E-state index contributed by atoms with van der Waals surface area (Å²) in [5.41, 5.74) is 5.03. The number of hydrazone groups is 1. The van der Waals surface area contributed by atoms with Gasteiger partial charge >= 0.3 is 5.97 Å². The van der Waals surface area contributed by atoms with Crippen molar-refractivity contribution in [3.63, 3.8) is 0 Å². The molecule has 3 aromatic rings. The van der Waals surface area contributed by atoms with Crippen LogP contribution in [0.25, 0.3) is 0 Å². The second kappa shape index (κ2) is 10.8. The first-order chi connectivity index (χ1) is 16.2. The van der Waals surface area contributed by atoms with Crippen LogP contribution in [0.2, 0.25) is 0 Å². The molecule has 9 heteroatoms. The van der Waals surface area contributed by atoms with E-state index in [1.807, 2.05) is 19.1 Å². The zero-order chi connectivity index (χ0) is 24.7. The molecule has 0 atom stereocenters. The smallest absolute Gasteiger partial charge is 0.308 e. The van der Waals surface area contributed by atoms with E-state index in [2.05, 4.69) is 10.5 Å². The second-order valence-electron chi connectivity index (χ2n) is 7.57. The molecule has 1 amide bonds. The molecule has 1 N–H and O–H groups in total. The van der Waals surface area contributed by atoms with Crippen LogP contribution in [0.1, 0.15) is 23.6 Å². The lowest BCUT2D eigenvalue weighted by Gasteiger charge is -2.25. The predicted octanol–water partition coefficient (Wildman–Crippen LogP) is 3.57. The average molecular weight is 480 g/mol. The number of nitrogens with one attached hydrogen (secondary N) is 1. The van der Waals surface area contributed by atoms with Crippen molar-refractivity contribution in [2.24, 2.45) is 5.10 Å². The van der Waals surface area contributed by atoms with Crippen molar-refractivity contribution >= 4 is 33.8 Å². The van der Waals surface area contributed by atoms with Crippen LogP contribution in [-0.4, -0.2) is 33.1 Å². The predicted molar refractivity (Wildman–Crippen MR) is 130 cm³/mol. The van der Waals surface area contributed by atoms with Crippen molar-refractivity contribution in [2.45, 2.75) is 25.7 Å². The minimum Gasteiger partial charge on any atom is -0.427 e. The molecule has 3 aromatic carbocycles. The zero-order valence-electron chi connectivity index (χ0n) is 19.1. The largest absolute Gasteiger partial charge is 0.427 e. The lowest BCUT2D eigenvalue weighted by atomic mass is 10.1. The normalized spacial score (nSPS) is 11.3. The van der Waals surface area contributed by atoms with E-state index in [4.69, 9.17) is 4.74 Å². The molecule has 0 aromatic heterocycles. The van der Waals surface area contributed by atoms with E-state index in [0.29, 0.717) is 22.6 Å². The van der Waals surface area contributed by atoms with Gasteiger partial charge in [-0.05, 0) is 73.0 Å². The van der Waals surface area contributed by atoms with Crippen molar-refractivity contribution in [1.82, 2.24) is 5.43 Å². The summed E-state index contributed by atoms with van der Waals surface area (Å²) in [5.74, 6) is -0.635. The Bertz CT molecular complexity index is 1300. The highest BCUT2D eigenvalue weighted by atomic mass is 32.2. The number of hydrogen-bond donors (Lipinski definition) is 1. The second-order valence-corrected chi connectivity index (χ2v) is 9.43. The lowest BCUT2D eigenvalue weighted by molar-refractivity contribution is -0.131. The Morgan fingerprint density at radius 3 is 2.32 bits per heavy atom. The van der Waals surface area contributed by atoms with E-state index < -0.39 is 28.4 Å². The molecule has 0 bridgehead atoms. The molecular weight excluding hydrogens is 454 g/mol. The molecule has 0 heterocycles. The average Bonchev–Trinajstić information content (AvgIpc) is 2.80. The number of hydrogen-bond acceptors (Lipinski definition) is 6.